The zero-order valence-corrected chi connectivity index (χ0v) is 14.4. The zero-order chi connectivity index (χ0) is 15.4. The van der Waals surface area contributed by atoms with Crippen molar-refractivity contribution in [2.75, 3.05) is 6.54 Å². The van der Waals surface area contributed by atoms with E-state index in [1.807, 2.05) is 30.3 Å². The second kappa shape index (κ2) is 8.38. The Morgan fingerprint density at radius 2 is 2.04 bits per heavy atom. The molecule has 1 fully saturated rings. The number of hydrogen-bond acceptors (Lipinski definition) is 5. The van der Waals surface area contributed by atoms with E-state index in [4.69, 9.17) is 5.73 Å². The molecule has 2 atom stereocenters. The summed E-state index contributed by atoms with van der Waals surface area (Å²) < 4.78 is 0. The second-order valence-corrected chi connectivity index (χ2v) is 6.68. The van der Waals surface area contributed by atoms with Crippen LogP contribution in [0.4, 0.5) is 0 Å². The lowest BCUT2D eigenvalue weighted by Gasteiger charge is -2.16. The summed E-state index contributed by atoms with van der Waals surface area (Å²) in [5.41, 5.74) is 6.79. The van der Waals surface area contributed by atoms with Crippen LogP contribution in [0.5, 0.6) is 0 Å². The van der Waals surface area contributed by atoms with Gasteiger partial charge in [0.15, 0.2) is 0 Å². The summed E-state index contributed by atoms with van der Waals surface area (Å²) in [5.74, 6) is 0.491. The lowest BCUT2D eigenvalue weighted by atomic mass is 9.95. The van der Waals surface area contributed by atoms with Gasteiger partial charge < -0.3 is 11.1 Å². The Bertz CT molecular complexity index is 634. The van der Waals surface area contributed by atoms with Crippen LogP contribution in [-0.2, 0) is 11.3 Å². The highest BCUT2D eigenvalue weighted by molar-refractivity contribution is 7.14. The molecule has 0 radical (unpaired) electrons. The molecule has 3 N–H and O–H groups in total. The molecule has 2 aromatic rings. The van der Waals surface area contributed by atoms with Gasteiger partial charge in [0.1, 0.15) is 10.0 Å². The Morgan fingerprint density at radius 3 is 2.78 bits per heavy atom. The van der Waals surface area contributed by atoms with Gasteiger partial charge in [-0.3, -0.25) is 4.79 Å². The summed E-state index contributed by atoms with van der Waals surface area (Å²) in [4.78, 5) is 12.3. The summed E-state index contributed by atoms with van der Waals surface area (Å²) in [7, 11) is 0. The Hall–Kier alpha value is -1.50. The normalized spacial score (nSPS) is 20.0. The van der Waals surface area contributed by atoms with Crippen molar-refractivity contribution in [3.05, 3.63) is 35.3 Å². The van der Waals surface area contributed by atoms with E-state index in [0.29, 0.717) is 19.0 Å². The summed E-state index contributed by atoms with van der Waals surface area (Å²) in [6.07, 6.45) is 3.10. The van der Waals surface area contributed by atoms with Crippen LogP contribution in [0.2, 0.25) is 0 Å². The van der Waals surface area contributed by atoms with E-state index in [2.05, 4.69) is 15.5 Å². The van der Waals surface area contributed by atoms with Crippen molar-refractivity contribution >= 4 is 29.7 Å². The molecule has 1 aromatic carbocycles. The van der Waals surface area contributed by atoms with Gasteiger partial charge in [0.2, 0.25) is 5.91 Å². The molecular formula is C16H21ClN4OS. The topological polar surface area (TPSA) is 80.9 Å². The van der Waals surface area contributed by atoms with Crippen LogP contribution >= 0.6 is 23.7 Å². The average molecular weight is 353 g/mol. The van der Waals surface area contributed by atoms with E-state index >= 15 is 0 Å². The van der Waals surface area contributed by atoms with Gasteiger partial charge >= 0.3 is 0 Å². The molecular weight excluding hydrogens is 332 g/mol. The molecule has 1 heterocycles. The molecule has 1 aromatic heterocycles. The number of nitrogens with zero attached hydrogens (tertiary/aromatic N) is 2. The number of nitrogens with two attached hydrogens (primary N) is 1. The van der Waals surface area contributed by atoms with Gasteiger partial charge in [-0.1, -0.05) is 48.1 Å². The Labute approximate surface area is 146 Å². The zero-order valence-electron chi connectivity index (χ0n) is 12.8. The minimum Gasteiger partial charge on any atom is -0.349 e. The maximum atomic E-state index is 12.3. The van der Waals surface area contributed by atoms with Crippen molar-refractivity contribution < 1.29 is 4.79 Å². The molecule has 0 aliphatic heterocycles. The molecule has 0 unspecified atom stereocenters. The van der Waals surface area contributed by atoms with Gasteiger partial charge in [-0.05, 0) is 25.3 Å². The Balaban J connectivity index is 0.00000192. The summed E-state index contributed by atoms with van der Waals surface area (Å²) in [5, 5.41) is 13.0. The summed E-state index contributed by atoms with van der Waals surface area (Å²) in [6.45, 7) is 1.03. The third-order valence-corrected chi connectivity index (χ3v) is 5.17. The number of halogens is 1. The highest BCUT2D eigenvalue weighted by atomic mass is 35.5. The number of hydrogen-bond donors (Lipinski definition) is 2. The molecule has 1 saturated carbocycles. The van der Waals surface area contributed by atoms with Crippen molar-refractivity contribution in [1.29, 1.82) is 0 Å². The number of benzene rings is 1. The molecule has 5 nitrogen and oxygen atoms in total. The minimum absolute atomic E-state index is 0. The lowest BCUT2D eigenvalue weighted by molar-refractivity contribution is -0.126. The highest BCUT2D eigenvalue weighted by Gasteiger charge is 2.31. The number of rotatable bonds is 5. The predicted octanol–water partition coefficient (Wildman–Crippen LogP) is 2.62. The van der Waals surface area contributed by atoms with Crippen LogP contribution in [-0.4, -0.2) is 22.6 Å². The summed E-state index contributed by atoms with van der Waals surface area (Å²) in [6, 6.07) is 9.94. The predicted molar refractivity (Wildman–Crippen MR) is 94.3 cm³/mol. The van der Waals surface area contributed by atoms with Gasteiger partial charge in [0.05, 0.1) is 6.54 Å². The van der Waals surface area contributed by atoms with Gasteiger partial charge in [-0.15, -0.1) is 22.6 Å². The fourth-order valence-corrected chi connectivity index (χ4v) is 3.77. The van der Waals surface area contributed by atoms with E-state index < -0.39 is 0 Å². The number of nitrogens with one attached hydrogen (secondary N) is 1. The third kappa shape index (κ3) is 4.28. The maximum absolute atomic E-state index is 12.3. The van der Waals surface area contributed by atoms with Crippen LogP contribution in [0.1, 0.15) is 24.3 Å². The van der Waals surface area contributed by atoms with E-state index in [1.165, 1.54) is 11.3 Å². The number of carbonyl (C=O) groups is 1. The molecule has 0 spiro atoms. The molecule has 0 saturated heterocycles. The van der Waals surface area contributed by atoms with Crippen molar-refractivity contribution in [3.63, 3.8) is 0 Å². The third-order valence-electron chi connectivity index (χ3n) is 4.20. The van der Waals surface area contributed by atoms with Crippen LogP contribution in [0, 0.1) is 11.8 Å². The fraction of sp³-hybridized carbons (Fsp3) is 0.438. The number of amides is 1. The van der Waals surface area contributed by atoms with E-state index in [0.717, 1.165) is 34.8 Å². The monoisotopic (exact) mass is 352 g/mol. The highest BCUT2D eigenvalue weighted by Crippen LogP contribution is 2.31. The van der Waals surface area contributed by atoms with Crippen LogP contribution in [0.3, 0.4) is 0 Å². The van der Waals surface area contributed by atoms with E-state index in [-0.39, 0.29) is 24.2 Å². The van der Waals surface area contributed by atoms with Crippen LogP contribution < -0.4 is 11.1 Å². The average Bonchev–Trinajstić information content (AvgIpc) is 3.22. The van der Waals surface area contributed by atoms with Crippen molar-refractivity contribution in [2.45, 2.75) is 25.8 Å². The molecule has 3 rings (SSSR count). The van der Waals surface area contributed by atoms with Gasteiger partial charge in [0, 0.05) is 11.5 Å². The molecule has 23 heavy (non-hydrogen) atoms. The first-order valence-electron chi connectivity index (χ1n) is 7.63. The Morgan fingerprint density at radius 1 is 1.26 bits per heavy atom. The first kappa shape index (κ1) is 17.8. The quantitative estimate of drug-likeness (QED) is 0.866. The fourth-order valence-electron chi connectivity index (χ4n) is 2.98. The lowest BCUT2D eigenvalue weighted by Crippen LogP contribution is -2.34. The van der Waals surface area contributed by atoms with Crippen LogP contribution in [0.25, 0.3) is 10.6 Å². The van der Waals surface area contributed by atoms with Gasteiger partial charge in [0.25, 0.3) is 0 Å². The van der Waals surface area contributed by atoms with E-state index in [9.17, 15) is 4.79 Å². The molecule has 0 bridgehead atoms. The maximum Gasteiger partial charge on any atom is 0.223 e. The molecule has 1 aliphatic rings. The van der Waals surface area contributed by atoms with E-state index in [1.54, 1.807) is 0 Å². The van der Waals surface area contributed by atoms with Crippen molar-refractivity contribution in [1.82, 2.24) is 15.5 Å². The molecule has 1 aliphatic carbocycles. The molecule has 124 valence electrons. The SMILES string of the molecule is Cl.NC[C@H]1CCC[C@H]1C(=O)NCc1nnc(-c2ccccc2)s1. The first-order valence-corrected chi connectivity index (χ1v) is 8.45. The Kier molecular flexibility index (Phi) is 6.50. The minimum atomic E-state index is 0. The van der Waals surface area contributed by atoms with Gasteiger partial charge in [-0.25, -0.2) is 0 Å². The van der Waals surface area contributed by atoms with Crippen molar-refractivity contribution in [3.8, 4) is 10.6 Å². The second-order valence-electron chi connectivity index (χ2n) is 5.62. The van der Waals surface area contributed by atoms with Crippen LogP contribution in [0.15, 0.2) is 30.3 Å². The standard InChI is InChI=1S/C16H20N4OS.ClH/c17-9-12-7-4-8-13(12)15(21)18-10-14-19-20-16(22-14)11-5-2-1-3-6-11;/h1-3,5-6,12-13H,4,7-10,17H2,(H,18,21);1H/t12-,13-;/m1./s1. The molecule has 7 heteroatoms. The number of carbonyl (C=O) groups excluding carboxylic acids is 1. The molecule has 1 amide bonds. The summed E-state index contributed by atoms with van der Waals surface area (Å²) >= 11 is 1.52. The van der Waals surface area contributed by atoms with Gasteiger partial charge in [-0.2, -0.15) is 0 Å². The number of aromatic nitrogens is 2. The largest absolute Gasteiger partial charge is 0.349 e. The smallest absolute Gasteiger partial charge is 0.223 e. The first-order chi connectivity index (χ1) is 10.8. The van der Waals surface area contributed by atoms with Crippen molar-refractivity contribution in [2.24, 2.45) is 17.6 Å².